The molecule has 33 heavy (non-hydrogen) atoms. The zero-order chi connectivity index (χ0) is 23.9. The van der Waals surface area contributed by atoms with Gasteiger partial charge in [0, 0.05) is 16.7 Å². The summed E-state index contributed by atoms with van der Waals surface area (Å²) in [7, 11) is 4.68. The van der Waals surface area contributed by atoms with Crippen LogP contribution in [0.15, 0.2) is 36.4 Å². The summed E-state index contributed by atoms with van der Waals surface area (Å²) in [5, 5.41) is 20.7. The van der Waals surface area contributed by atoms with Crippen LogP contribution >= 0.6 is 0 Å². The second kappa shape index (κ2) is 8.62. The van der Waals surface area contributed by atoms with Gasteiger partial charge in [-0.2, -0.15) is 0 Å². The summed E-state index contributed by atoms with van der Waals surface area (Å²) in [4.78, 5) is 0. The molecular weight excluding hydrogens is 420 g/mol. The smallest absolute Gasteiger partial charge is 0.200 e. The van der Waals surface area contributed by atoms with E-state index in [0.29, 0.717) is 22.8 Å². The van der Waals surface area contributed by atoms with Gasteiger partial charge in [0.2, 0.25) is 5.75 Å². The van der Waals surface area contributed by atoms with Crippen molar-refractivity contribution in [3.63, 3.8) is 0 Å². The molecule has 3 aromatic carbocycles. The maximum atomic E-state index is 10.4. The Morgan fingerprint density at radius 3 is 1.94 bits per heavy atom. The first-order valence-corrected chi connectivity index (χ1v) is 10.6. The summed E-state index contributed by atoms with van der Waals surface area (Å²) in [6.45, 7) is 6.15. The highest BCUT2D eigenvalue weighted by Gasteiger charge is 2.27. The molecule has 0 radical (unpaired) electrons. The van der Waals surface area contributed by atoms with Crippen LogP contribution in [0.25, 0.3) is 11.1 Å². The molecule has 0 spiro atoms. The van der Waals surface area contributed by atoms with Crippen LogP contribution in [0.1, 0.15) is 33.4 Å². The van der Waals surface area contributed by atoms with Gasteiger partial charge in [-0.1, -0.05) is 0 Å². The SMILES string of the molecule is COc1cc(C2=C(c3cc(C)c(OC)c(C)c3)c3ccc(O)c(C)c3OC2)cc(OC)c1O. The van der Waals surface area contributed by atoms with Gasteiger partial charge in [0.05, 0.1) is 21.3 Å². The third-order valence-electron chi connectivity index (χ3n) is 6.09. The van der Waals surface area contributed by atoms with E-state index in [0.717, 1.165) is 44.7 Å². The zero-order valence-electron chi connectivity index (χ0n) is 19.7. The highest BCUT2D eigenvalue weighted by atomic mass is 16.5. The number of phenols is 2. The fourth-order valence-electron chi connectivity index (χ4n) is 4.48. The highest BCUT2D eigenvalue weighted by Crippen LogP contribution is 2.47. The van der Waals surface area contributed by atoms with E-state index in [1.165, 1.54) is 14.2 Å². The average molecular weight is 449 g/mol. The van der Waals surface area contributed by atoms with Gasteiger partial charge in [-0.15, -0.1) is 0 Å². The lowest BCUT2D eigenvalue weighted by Crippen LogP contribution is -2.13. The summed E-state index contributed by atoms with van der Waals surface area (Å²) >= 11 is 0. The van der Waals surface area contributed by atoms with E-state index in [1.807, 2.05) is 26.8 Å². The second-order valence-electron chi connectivity index (χ2n) is 8.10. The Morgan fingerprint density at radius 1 is 0.788 bits per heavy atom. The van der Waals surface area contributed by atoms with Crippen LogP contribution in [0, 0.1) is 20.8 Å². The van der Waals surface area contributed by atoms with E-state index in [1.54, 1.807) is 25.3 Å². The van der Waals surface area contributed by atoms with E-state index >= 15 is 0 Å². The van der Waals surface area contributed by atoms with E-state index in [4.69, 9.17) is 18.9 Å². The van der Waals surface area contributed by atoms with Crippen molar-refractivity contribution in [2.24, 2.45) is 0 Å². The molecule has 2 N–H and O–H groups in total. The molecule has 3 aromatic rings. The molecule has 0 atom stereocenters. The van der Waals surface area contributed by atoms with Gasteiger partial charge in [-0.05, 0) is 85.0 Å². The molecule has 172 valence electrons. The topological polar surface area (TPSA) is 77.4 Å². The fraction of sp³-hybridized carbons (Fsp3) is 0.259. The van der Waals surface area contributed by atoms with E-state index in [-0.39, 0.29) is 18.1 Å². The minimum Gasteiger partial charge on any atom is -0.508 e. The van der Waals surface area contributed by atoms with Crippen LogP contribution in [0.5, 0.6) is 34.5 Å². The minimum atomic E-state index is -0.0556. The number of benzene rings is 3. The molecule has 0 aromatic heterocycles. The van der Waals surface area contributed by atoms with Crippen LogP contribution in [0.3, 0.4) is 0 Å². The van der Waals surface area contributed by atoms with Crippen molar-refractivity contribution in [3.8, 4) is 34.5 Å². The van der Waals surface area contributed by atoms with Gasteiger partial charge in [0.25, 0.3) is 0 Å². The van der Waals surface area contributed by atoms with Crippen molar-refractivity contribution in [3.05, 3.63) is 69.8 Å². The van der Waals surface area contributed by atoms with Gasteiger partial charge >= 0.3 is 0 Å². The van der Waals surface area contributed by atoms with Gasteiger partial charge in [0.1, 0.15) is 23.9 Å². The monoisotopic (exact) mass is 448 g/mol. The minimum absolute atomic E-state index is 0.0556. The average Bonchev–Trinajstić information content (AvgIpc) is 2.80. The first-order valence-electron chi connectivity index (χ1n) is 10.6. The fourth-order valence-corrected chi connectivity index (χ4v) is 4.48. The van der Waals surface area contributed by atoms with Crippen LogP contribution in [0.2, 0.25) is 0 Å². The van der Waals surface area contributed by atoms with Crippen molar-refractivity contribution in [1.82, 2.24) is 0 Å². The van der Waals surface area contributed by atoms with E-state index in [9.17, 15) is 10.2 Å². The quantitative estimate of drug-likeness (QED) is 0.544. The number of aryl methyl sites for hydroxylation is 2. The Hall–Kier alpha value is -3.80. The molecular formula is C27H28O6. The molecule has 0 amide bonds. The van der Waals surface area contributed by atoms with Crippen molar-refractivity contribution < 1.29 is 29.2 Å². The van der Waals surface area contributed by atoms with Crippen LogP contribution in [-0.2, 0) is 0 Å². The first-order chi connectivity index (χ1) is 15.8. The molecule has 4 rings (SSSR count). The van der Waals surface area contributed by atoms with Gasteiger partial charge < -0.3 is 29.2 Å². The summed E-state index contributed by atoms with van der Waals surface area (Å²) in [5.74, 6) is 2.25. The second-order valence-corrected chi connectivity index (χ2v) is 8.10. The Kier molecular flexibility index (Phi) is 5.85. The van der Waals surface area contributed by atoms with Crippen LogP contribution < -0.4 is 18.9 Å². The molecule has 0 saturated heterocycles. The van der Waals surface area contributed by atoms with Crippen molar-refractivity contribution >= 4 is 11.1 Å². The molecule has 0 bridgehead atoms. The maximum absolute atomic E-state index is 10.4. The largest absolute Gasteiger partial charge is 0.508 e. The molecule has 0 saturated carbocycles. The third-order valence-corrected chi connectivity index (χ3v) is 6.09. The number of fused-ring (bicyclic) bond motifs is 1. The Balaban J connectivity index is 2.07. The Bertz CT molecular complexity index is 1220. The Labute approximate surface area is 193 Å². The predicted octanol–water partition coefficient (Wildman–Crippen LogP) is 5.40. The summed E-state index contributed by atoms with van der Waals surface area (Å²) in [5.41, 5.74) is 7.29. The number of ether oxygens (including phenoxy) is 4. The van der Waals surface area contributed by atoms with Gasteiger partial charge in [-0.25, -0.2) is 0 Å². The van der Waals surface area contributed by atoms with E-state index in [2.05, 4.69) is 12.1 Å². The summed E-state index contributed by atoms with van der Waals surface area (Å²) in [6.07, 6.45) is 0. The normalized spacial score (nSPS) is 12.8. The molecule has 0 aliphatic carbocycles. The molecule has 0 fully saturated rings. The lowest BCUT2D eigenvalue weighted by molar-refractivity contribution is 0.339. The maximum Gasteiger partial charge on any atom is 0.200 e. The lowest BCUT2D eigenvalue weighted by Gasteiger charge is -2.27. The lowest BCUT2D eigenvalue weighted by atomic mass is 9.85. The number of phenolic OH excluding ortho intramolecular Hbond substituents is 2. The molecule has 6 heteroatoms. The molecule has 6 nitrogen and oxygen atoms in total. The molecule has 1 aliphatic rings. The Morgan fingerprint density at radius 2 is 1.39 bits per heavy atom. The molecule has 0 unspecified atom stereocenters. The standard InChI is InChI=1S/C27H28O6/c1-14-9-18(10-15(2)26(14)32-6)24-19-7-8-21(28)16(3)27(19)33-13-20(24)17-11-22(30-4)25(29)23(12-17)31-5/h7-12,28-29H,13H2,1-6H3. The van der Waals surface area contributed by atoms with Crippen LogP contribution in [0.4, 0.5) is 0 Å². The number of hydrogen-bond acceptors (Lipinski definition) is 6. The van der Waals surface area contributed by atoms with Gasteiger partial charge in [-0.3, -0.25) is 0 Å². The number of rotatable bonds is 5. The number of aromatic hydroxyl groups is 2. The van der Waals surface area contributed by atoms with Crippen molar-refractivity contribution in [2.75, 3.05) is 27.9 Å². The zero-order valence-corrected chi connectivity index (χ0v) is 19.7. The number of methoxy groups -OCH3 is 3. The predicted molar refractivity (Wildman–Crippen MR) is 128 cm³/mol. The summed E-state index contributed by atoms with van der Waals surface area (Å²) < 4.78 is 22.5. The molecule has 1 heterocycles. The van der Waals surface area contributed by atoms with E-state index < -0.39 is 0 Å². The first kappa shape index (κ1) is 22.4. The highest BCUT2D eigenvalue weighted by molar-refractivity contribution is 6.02. The summed E-state index contributed by atoms with van der Waals surface area (Å²) in [6, 6.07) is 11.3. The van der Waals surface area contributed by atoms with Crippen molar-refractivity contribution in [2.45, 2.75) is 20.8 Å². The molecule has 1 aliphatic heterocycles. The van der Waals surface area contributed by atoms with Gasteiger partial charge in [0.15, 0.2) is 11.5 Å². The van der Waals surface area contributed by atoms with Crippen LogP contribution in [-0.4, -0.2) is 38.1 Å². The van der Waals surface area contributed by atoms with Crippen molar-refractivity contribution in [1.29, 1.82) is 0 Å². The number of hydrogen-bond donors (Lipinski definition) is 2. The third kappa shape index (κ3) is 3.71.